The highest BCUT2D eigenvalue weighted by molar-refractivity contribution is 8.02. The summed E-state index contributed by atoms with van der Waals surface area (Å²) in [5, 5.41) is 14.2. The standard InChI is InChI=1S/C23H19FN4OS2/c1-15(30-23-28-27-22(31-23)26-20-14-8-6-12-18(20)24)21(29)25-19-13-7-5-11-17(19)16-9-3-2-4-10-16/h2-15H,1H3,(H,25,29)(H,26,27). The monoisotopic (exact) mass is 450 g/mol. The number of amides is 1. The number of halogens is 1. The van der Waals surface area contributed by atoms with E-state index >= 15 is 0 Å². The Morgan fingerprint density at radius 3 is 2.39 bits per heavy atom. The number of anilines is 3. The fourth-order valence-electron chi connectivity index (χ4n) is 2.89. The molecule has 1 heterocycles. The zero-order valence-corrected chi connectivity index (χ0v) is 18.2. The summed E-state index contributed by atoms with van der Waals surface area (Å²) in [6, 6.07) is 24.0. The molecule has 0 spiro atoms. The molecule has 0 aliphatic rings. The largest absolute Gasteiger partial charge is 0.328 e. The molecule has 4 aromatic rings. The summed E-state index contributed by atoms with van der Waals surface area (Å²) in [4.78, 5) is 12.8. The van der Waals surface area contributed by atoms with E-state index in [4.69, 9.17) is 0 Å². The minimum Gasteiger partial charge on any atom is -0.328 e. The lowest BCUT2D eigenvalue weighted by Crippen LogP contribution is -2.22. The Bertz CT molecular complexity index is 1180. The maximum atomic E-state index is 13.8. The number of benzene rings is 3. The average molecular weight is 451 g/mol. The number of para-hydroxylation sites is 2. The van der Waals surface area contributed by atoms with E-state index in [0.717, 1.165) is 16.8 Å². The first kappa shape index (κ1) is 21.0. The van der Waals surface area contributed by atoms with Crippen LogP contribution >= 0.6 is 23.1 Å². The molecule has 0 aliphatic heterocycles. The van der Waals surface area contributed by atoms with E-state index in [1.807, 2.05) is 61.5 Å². The van der Waals surface area contributed by atoms with Gasteiger partial charge in [-0.2, -0.15) is 0 Å². The number of thioether (sulfide) groups is 1. The molecule has 0 aliphatic carbocycles. The molecule has 0 bridgehead atoms. The van der Waals surface area contributed by atoms with Crippen molar-refractivity contribution >= 4 is 45.5 Å². The number of carbonyl (C=O) groups excluding carboxylic acids is 1. The number of rotatable bonds is 7. The molecule has 0 saturated heterocycles. The van der Waals surface area contributed by atoms with Crippen LogP contribution in [0.5, 0.6) is 0 Å². The first-order chi connectivity index (χ1) is 15.1. The molecule has 156 valence electrons. The van der Waals surface area contributed by atoms with Crippen LogP contribution in [0, 0.1) is 5.82 Å². The van der Waals surface area contributed by atoms with Crippen molar-refractivity contribution in [2.24, 2.45) is 0 Å². The Morgan fingerprint density at radius 1 is 0.935 bits per heavy atom. The molecule has 2 N–H and O–H groups in total. The van der Waals surface area contributed by atoms with Crippen LogP contribution in [0.25, 0.3) is 11.1 Å². The van der Waals surface area contributed by atoms with Gasteiger partial charge in [0, 0.05) is 11.3 Å². The third-order valence-corrected chi connectivity index (χ3v) is 6.46. The van der Waals surface area contributed by atoms with Crippen molar-refractivity contribution in [3.05, 3.63) is 84.7 Å². The van der Waals surface area contributed by atoms with Gasteiger partial charge in [0.05, 0.1) is 10.9 Å². The molecular formula is C23H19FN4OS2. The van der Waals surface area contributed by atoms with Gasteiger partial charge in [0.15, 0.2) is 4.34 Å². The van der Waals surface area contributed by atoms with Gasteiger partial charge in [0.2, 0.25) is 11.0 Å². The van der Waals surface area contributed by atoms with Crippen LogP contribution in [-0.2, 0) is 4.79 Å². The number of hydrogen-bond donors (Lipinski definition) is 2. The molecule has 1 aromatic heterocycles. The van der Waals surface area contributed by atoms with Crippen molar-refractivity contribution in [3.63, 3.8) is 0 Å². The van der Waals surface area contributed by atoms with Gasteiger partial charge in [-0.3, -0.25) is 4.79 Å². The summed E-state index contributed by atoms with van der Waals surface area (Å²) in [6.07, 6.45) is 0. The zero-order chi connectivity index (χ0) is 21.6. The van der Waals surface area contributed by atoms with Gasteiger partial charge in [0.25, 0.3) is 0 Å². The first-order valence-corrected chi connectivity index (χ1v) is 11.3. The van der Waals surface area contributed by atoms with Crippen LogP contribution in [0.3, 0.4) is 0 Å². The second kappa shape index (κ2) is 9.72. The summed E-state index contributed by atoms with van der Waals surface area (Å²) in [7, 11) is 0. The minimum absolute atomic E-state index is 0.132. The van der Waals surface area contributed by atoms with Crippen molar-refractivity contribution < 1.29 is 9.18 Å². The molecule has 8 heteroatoms. The van der Waals surface area contributed by atoms with Crippen LogP contribution in [0.1, 0.15) is 6.92 Å². The SMILES string of the molecule is CC(Sc1nnc(Nc2ccccc2F)s1)C(=O)Nc1ccccc1-c1ccccc1. The summed E-state index contributed by atoms with van der Waals surface area (Å²) in [5.74, 6) is -0.496. The molecule has 0 saturated carbocycles. The summed E-state index contributed by atoms with van der Waals surface area (Å²) >= 11 is 2.58. The third-order valence-electron chi connectivity index (χ3n) is 4.44. The minimum atomic E-state index is -0.391. The lowest BCUT2D eigenvalue weighted by molar-refractivity contribution is -0.115. The molecular weight excluding hydrogens is 431 g/mol. The summed E-state index contributed by atoms with van der Waals surface area (Å²) in [5.41, 5.74) is 3.08. The molecule has 5 nitrogen and oxygen atoms in total. The van der Waals surface area contributed by atoms with Crippen molar-refractivity contribution in [3.8, 4) is 11.1 Å². The molecule has 0 fully saturated rings. The molecule has 1 atom stereocenters. The smallest absolute Gasteiger partial charge is 0.237 e. The van der Waals surface area contributed by atoms with Crippen LogP contribution in [0.4, 0.5) is 20.9 Å². The normalized spacial score (nSPS) is 11.7. The van der Waals surface area contributed by atoms with Gasteiger partial charge in [-0.15, -0.1) is 10.2 Å². The van der Waals surface area contributed by atoms with E-state index in [-0.39, 0.29) is 11.7 Å². The Labute approximate surface area is 187 Å². The van der Waals surface area contributed by atoms with Gasteiger partial charge in [-0.05, 0) is 30.7 Å². The number of nitrogens with zero attached hydrogens (tertiary/aromatic N) is 2. The van der Waals surface area contributed by atoms with Crippen LogP contribution in [0.15, 0.2) is 83.2 Å². The Balaban J connectivity index is 1.41. The average Bonchev–Trinajstić information content (AvgIpc) is 3.23. The topological polar surface area (TPSA) is 66.9 Å². The van der Waals surface area contributed by atoms with Crippen LogP contribution < -0.4 is 10.6 Å². The van der Waals surface area contributed by atoms with Gasteiger partial charge in [-0.1, -0.05) is 83.8 Å². The van der Waals surface area contributed by atoms with Crippen molar-refractivity contribution in [2.45, 2.75) is 16.5 Å². The fraction of sp³-hybridized carbons (Fsp3) is 0.0870. The highest BCUT2D eigenvalue weighted by Crippen LogP contribution is 2.32. The predicted octanol–water partition coefficient (Wildman–Crippen LogP) is 6.21. The second-order valence-electron chi connectivity index (χ2n) is 6.64. The van der Waals surface area contributed by atoms with Gasteiger partial charge >= 0.3 is 0 Å². The Hall–Kier alpha value is -3.23. The van der Waals surface area contributed by atoms with Crippen molar-refractivity contribution in [1.82, 2.24) is 10.2 Å². The number of aromatic nitrogens is 2. The lowest BCUT2D eigenvalue weighted by atomic mass is 10.0. The van der Waals surface area contributed by atoms with Gasteiger partial charge < -0.3 is 10.6 Å². The fourth-order valence-corrected chi connectivity index (χ4v) is 4.79. The maximum absolute atomic E-state index is 13.8. The molecule has 3 aromatic carbocycles. The van der Waals surface area contributed by atoms with E-state index in [2.05, 4.69) is 20.8 Å². The quantitative estimate of drug-likeness (QED) is 0.328. The Morgan fingerprint density at radius 2 is 1.61 bits per heavy atom. The molecule has 1 amide bonds. The van der Waals surface area contributed by atoms with Crippen molar-refractivity contribution in [1.29, 1.82) is 0 Å². The van der Waals surface area contributed by atoms with Crippen molar-refractivity contribution in [2.75, 3.05) is 10.6 Å². The number of hydrogen-bond acceptors (Lipinski definition) is 6. The third kappa shape index (κ3) is 5.28. The molecule has 4 rings (SSSR count). The van der Waals surface area contributed by atoms with E-state index in [1.165, 1.54) is 29.2 Å². The predicted molar refractivity (Wildman–Crippen MR) is 125 cm³/mol. The van der Waals surface area contributed by atoms with E-state index in [1.54, 1.807) is 18.2 Å². The first-order valence-electron chi connectivity index (χ1n) is 9.57. The summed E-state index contributed by atoms with van der Waals surface area (Å²) < 4.78 is 14.4. The highest BCUT2D eigenvalue weighted by Gasteiger charge is 2.19. The Kier molecular flexibility index (Phi) is 6.59. The van der Waals surface area contributed by atoms with Gasteiger partial charge in [0.1, 0.15) is 5.82 Å². The van der Waals surface area contributed by atoms with E-state index in [0.29, 0.717) is 15.2 Å². The van der Waals surface area contributed by atoms with Crippen LogP contribution in [-0.4, -0.2) is 21.4 Å². The second-order valence-corrected chi connectivity index (χ2v) is 9.20. The molecule has 1 unspecified atom stereocenters. The van der Waals surface area contributed by atoms with E-state index < -0.39 is 5.25 Å². The summed E-state index contributed by atoms with van der Waals surface area (Å²) in [6.45, 7) is 1.82. The number of carbonyl (C=O) groups is 1. The highest BCUT2D eigenvalue weighted by atomic mass is 32.2. The van der Waals surface area contributed by atoms with E-state index in [9.17, 15) is 9.18 Å². The molecule has 0 radical (unpaired) electrons. The zero-order valence-electron chi connectivity index (χ0n) is 16.6. The number of nitrogens with one attached hydrogen (secondary N) is 2. The van der Waals surface area contributed by atoms with Gasteiger partial charge in [-0.25, -0.2) is 4.39 Å². The van der Waals surface area contributed by atoms with Crippen LogP contribution in [0.2, 0.25) is 0 Å². The lowest BCUT2D eigenvalue weighted by Gasteiger charge is -2.14. The molecule has 31 heavy (non-hydrogen) atoms. The maximum Gasteiger partial charge on any atom is 0.237 e.